The second-order valence-corrected chi connectivity index (χ2v) is 9.05. The van der Waals surface area contributed by atoms with Gasteiger partial charge < -0.3 is 9.26 Å². The second kappa shape index (κ2) is 10.1. The van der Waals surface area contributed by atoms with Crippen LogP contribution in [0.1, 0.15) is 11.6 Å². The molecule has 0 N–H and O–H groups in total. The largest absolute Gasteiger partial charge is 0.497 e. The lowest BCUT2D eigenvalue weighted by Crippen LogP contribution is -2.47. The minimum Gasteiger partial charge on any atom is -0.497 e. The van der Waals surface area contributed by atoms with E-state index in [4.69, 9.17) is 20.9 Å². The first-order chi connectivity index (χ1) is 17.0. The molecule has 0 amide bonds. The van der Waals surface area contributed by atoms with Gasteiger partial charge in [0.15, 0.2) is 0 Å². The van der Waals surface area contributed by atoms with Gasteiger partial charge in [0.05, 0.1) is 26.0 Å². The number of ether oxygens (including phenoxy) is 1. The molecule has 3 heterocycles. The highest BCUT2D eigenvalue weighted by Gasteiger charge is 2.21. The maximum absolute atomic E-state index is 13.0. The van der Waals surface area contributed by atoms with Gasteiger partial charge >= 0.3 is 5.69 Å². The Balaban J connectivity index is 1.17. The van der Waals surface area contributed by atoms with Crippen LogP contribution in [0, 0.1) is 6.92 Å². The average molecular weight is 495 g/mol. The lowest BCUT2D eigenvalue weighted by atomic mass is 10.2. The van der Waals surface area contributed by atoms with Crippen molar-refractivity contribution in [2.24, 2.45) is 0 Å². The summed E-state index contributed by atoms with van der Waals surface area (Å²) >= 11 is 5.99. The zero-order valence-electron chi connectivity index (χ0n) is 19.7. The number of halogens is 1. The van der Waals surface area contributed by atoms with Crippen LogP contribution in [0.25, 0.3) is 17.1 Å². The predicted molar refractivity (Wildman–Crippen MR) is 133 cm³/mol. The summed E-state index contributed by atoms with van der Waals surface area (Å²) in [4.78, 5) is 22.1. The first kappa shape index (κ1) is 23.3. The van der Waals surface area contributed by atoms with E-state index in [0.29, 0.717) is 30.0 Å². The van der Waals surface area contributed by atoms with Gasteiger partial charge in [-0.1, -0.05) is 16.8 Å². The molecule has 0 atom stereocenters. The fourth-order valence-electron chi connectivity index (χ4n) is 4.30. The van der Waals surface area contributed by atoms with Crippen LogP contribution in [-0.4, -0.2) is 62.4 Å². The summed E-state index contributed by atoms with van der Waals surface area (Å²) in [7, 11) is 1.64. The molecule has 0 unspecified atom stereocenters. The van der Waals surface area contributed by atoms with E-state index < -0.39 is 0 Å². The van der Waals surface area contributed by atoms with Crippen molar-refractivity contribution in [2.45, 2.75) is 20.1 Å². The molecule has 4 aromatic rings. The molecule has 0 saturated carbocycles. The zero-order chi connectivity index (χ0) is 24.4. The first-order valence-corrected chi connectivity index (χ1v) is 11.8. The summed E-state index contributed by atoms with van der Waals surface area (Å²) in [5.74, 6) is 1.95. The first-order valence-electron chi connectivity index (χ1n) is 11.5. The van der Waals surface area contributed by atoms with Crippen molar-refractivity contribution in [3.8, 4) is 22.8 Å². The van der Waals surface area contributed by atoms with Crippen LogP contribution in [0.2, 0.25) is 5.02 Å². The van der Waals surface area contributed by atoms with Crippen molar-refractivity contribution >= 4 is 11.6 Å². The van der Waals surface area contributed by atoms with E-state index in [-0.39, 0.29) is 5.69 Å². The Labute approximate surface area is 208 Å². The highest BCUT2D eigenvalue weighted by molar-refractivity contribution is 6.30. The van der Waals surface area contributed by atoms with Crippen LogP contribution in [0.15, 0.2) is 64.0 Å². The van der Waals surface area contributed by atoms with Crippen LogP contribution in [0.4, 0.5) is 0 Å². The lowest BCUT2D eigenvalue weighted by Gasteiger charge is -2.33. The summed E-state index contributed by atoms with van der Waals surface area (Å²) in [5, 5.41) is 4.76. The van der Waals surface area contributed by atoms with Crippen molar-refractivity contribution in [2.75, 3.05) is 33.3 Å². The molecule has 0 radical (unpaired) electrons. The number of aromatic nitrogens is 4. The fraction of sp³-hybridized carbons (Fsp3) is 0.320. The molecule has 9 nitrogen and oxygen atoms in total. The third kappa shape index (κ3) is 5.17. The van der Waals surface area contributed by atoms with E-state index in [1.165, 1.54) is 0 Å². The monoisotopic (exact) mass is 494 g/mol. The normalized spacial score (nSPS) is 14.9. The summed E-state index contributed by atoms with van der Waals surface area (Å²) < 4.78 is 14.1. The third-order valence-electron chi connectivity index (χ3n) is 6.21. The Bertz CT molecular complexity index is 1340. The second-order valence-electron chi connectivity index (χ2n) is 8.61. The number of rotatable bonds is 7. The van der Waals surface area contributed by atoms with Gasteiger partial charge in [0.1, 0.15) is 5.75 Å². The molecule has 0 aliphatic carbocycles. The van der Waals surface area contributed by atoms with Crippen LogP contribution < -0.4 is 10.4 Å². The molecule has 2 aromatic heterocycles. The molecule has 10 heteroatoms. The maximum atomic E-state index is 13.0. The smallest absolute Gasteiger partial charge is 0.334 e. The van der Waals surface area contributed by atoms with Gasteiger partial charge in [0.2, 0.25) is 11.7 Å². The highest BCUT2D eigenvalue weighted by atomic mass is 35.5. The van der Waals surface area contributed by atoms with Gasteiger partial charge in [0.25, 0.3) is 0 Å². The summed E-state index contributed by atoms with van der Waals surface area (Å²) in [5.41, 5.74) is 2.54. The molecule has 2 aromatic carbocycles. The summed E-state index contributed by atoms with van der Waals surface area (Å²) in [6, 6.07) is 14.9. The molecule has 0 spiro atoms. The van der Waals surface area contributed by atoms with Crippen molar-refractivity contribution in [1.29, 1.82) is 0 Å². The number of nitrogens with zero attached hydrogens (tertiary/aromatic N) is 6. The summed E-state index contributed by atoms with van der Waals surface area (Å²) in [6.45, 7) is 6.49. The topological polar surface area (TPSA) is 81.6 Å². The molecule has 5 rings (SSSR count). The average Bonchev–Trinajstić information content (AvgIpc) is 3.45. The van der Waals surface area contributed by atoms with E-state index in [1.54, 1.807) is 28.4 Å². The zero-order valence-corrected chi connectivity index (χ0v) is 20.5. The Hall–Kier alpha value is -3.40. The highest BCUT2D eigenvalue weighted by Crippen LogP contribution is 2.20. The van der Waals surface area contributed by atoms with Crippen LogP contribution in [-0.2, 0) is 13.2 Å². The predicted octanol–water partition coefficient (Wildman–Crippen LogP) is 3.43. The van der Waals surface area contributed by atoms with Crippen molar-refractivity contribution < 1.29 is 9.26 Å². The molecular weight excluding hydrogens is 468 g/mol. The Morgan fingerprint density at radius 2 is 1.69 bits per heavy atom. The SMILES string of the molecule is COc1ccc(-c2noc(CN3CCN(Cn4cc(C)n(-c5ccc(Cl)cc5)c4=O)CC3)n2)cc1. The van der Waals surface area contributed by atoms with Gasteiger partial charge in [0, 0.05) is 48.7 Å². The van der Waals surface area contributed by atoms with E-state index >= 15 is 0 Å². The van der Waals surface area contributed by atoms with Crippen LogP contribution in [0.3, 0.4) is 0 Å². The van der Waals surface area contributed by atoms with Crippen LogP contribution in [0.5, 0.6) is 5.75 Å². The molecular formula is C25H27ClN6O3. The number of benzene rings is 2. The van der Waals surface area contributed by atoms with Crippen molar-refractivity contribution in [1.82, 2.24) is 29.1 Å². The van der Waals surface area contributed by atoms with Gasteiger partial charge in [-0.05, 0) is 55.5 Å². The fourth-order valence-corrected chi connectivity index (χ4v) is 4.42. The number of aryl methyl sites for hydroxylation is 1. The molecule has 1 fully saturated rings. The van der Waals surface area contributed by atoms with Crippen LogP contribution >= 0.6 is 11.6 Å². The molecule has 1 aliphatic rings. The number of methoxy groups -OCH3 is 1. The van der Waals surface area contributed by atoms with E-state index in [1.807, 2.05) is 49.5 Å². The third-order valence-corrected chi connectivity index (χ3v) is 6.46. The Morgan fingerprint density at radius 3 is 2.37 bits per heavy atom. The standard InChI is InChI=1S/C25H27ClN6O3/c1-18-15-31(25(33)32(18)21-7-5-20(26)6-8-21)17-30-13-11-29(12-14-30)16-23-27-24(28-35-23)19-3-9-22(34-2)10-4-19/h3-10,15H,11-14,16-17H2,1-2H3. The van der Waals surface area contributed by atoms with Crippen molar-refractivity contribution in [3.05, 3.63) is 81.8 Å². The van der Waals surface area contributed by atoms with Crippen molar-refractivity contribution in [3.63, 3.8) is 0 Å². The summed E-state index contributed by atoms with van der Waals surface area (Å²) in [6.07, 6.45) is 1.91. The quantitative estimate of drug-likeness (QED) is 0.389. The molecule has 0 bridgehead atoms. The minimum absolute atomic E-state index is 0.0517. The Morgan fingerprint density at radius 1 is 1.00 bits per heavy atom. The maximum Gasteiger partial charge on any atom is 0.334 e. The number of hydrogen-bond acceptors (Lipinski definition) is 7. The van der Waals surface area contributed by atoms with Gasteiger partial charge in [-0.15, -0.1) is 0 Å². The number of hydrogen-bond donors (Lipinski definition) is 0. The Kier molecular flexibility index (Phi) is 6.72. The van der Waals surface area contributed by atoms with E-state index in [0.717, 1.165) is 48.9 Å². The lowest BCUT2D eigenvalue weighted by molar-refractivity contribution is 0.0941. The number of piperazine rings is 1. The van der Waals surface area contributed by atoms with Gasteiger partial charge in [-0.2, -0.15) is 4.98 Å². The van der Waals surface area contributed by atoms with E-state index in [2.05, 4.69) is 19.9 Å². The van der Waals surface area contributed by atoms with E-state index in [9.17, 15) is 4.79 Å². The van der Waals surface area contributed by atoms with Gasteiger partial charge in [-0.25, -0.2) is 4.79 Å². The van der Waals surface area contributed by atoms with Gasteiger partial charge in [-0.3, -0.25) is 18.9 Å². The molecule has 182 valence electrons. The molecule has 35 heavy (non-hydrogen) atoms. The minimum atomic E-state index is -0.0517. The molecule has 1 aliphatic heterocycles. The molecule has 1 saturated heterocycles. The number of imidazole rings is 1.